The zero-order valence-electron chi connectivity index (χ0n) is 14.9. The molecule has 4 bridgehead atoms. The average Bonchev–Trinajstić information content (AvgIpc) is 3.38. The minimum atomic E-state index is -0.714. The van der Waals surface area contributed by atoms with E-state index in [-0.39, 0.29) is 17.9 Å². The highest BCUT2D eigenvalue weighted by Crippen LogP contribution is 2.60. The van der Waals surface area contributed by atoms with Crippen molar-refractivity contribution in [2.75, 3.05) is 14.2 Å². The van der Waals surface area contributed by atoms with Crippen molar-refractivity contribution in [1.29, 1.82) is 0 Å². The summed E-state index contributed by atoms with van der Waals surface area (Å²) in [6.45, 7) is 0. The van der Waals surface area contributed by atoms with E-state index in [0.29, 0.717) is 23.7 Å². The van der Waals surface area contributed by atoms with Crippen LogP contribution in [-0.4, -0.2) is 26.2 Å². The van der Waals surface area contributed by atoms with Gasteiger partial charge in [-0.2, -0.15) is 0 Å². The predicted molar refractivity (Wildman–Crippen MR) is 88.9 cm³/mol. The Balaban J connectivity index is 1.66. The Morgan fingerprint density at radius 3 is 1.50 bits per heavy atom. The summed E-state index contributed by atoms with van der Waals surface area (Å²) in [7, 11) is 2.80. The molecule has 4 nitrogen and oxygen atoms in total. The maximum absolute atomic E-state index is 12.6. The first-order valence-corrected chi connectivity index (χ1v) is 9.78. The second kappa shape index (κ2) is 6.34. The van der Waals surface area contributed by atoms with Gasteiger partial charge in [0, 0.05) is 0 Å². The second-order valence-electron chi connectivity index (χ2n) is 8.78. The maximum atomic E-state index is 12.6. The van der Waals surface area contributed by atoms with E-state index in [2.05, 4.69) is 0 Å². The summed E-state index contributed by atoms with van der Waals surface area (Å²) >= 11 is 0. The van der Waals surface area contributed by atoms with Crippen LogP contribution in [0.1, 0.15) is 51.4 Å². The fraction of sp³-hybridized carbons (Fsp3) is 0.900. The smallest absolute Gasteiger partial charge is 0.320 e. The van der Waals surface area contributed by atoms with Gasteiger partial charge in [0.25, 0.3) is 0 Å². The summed E-state index contributed by atoms with van der Waals surface area (Å²) < 4.78 is 10.1. The molecule has 0 N–H and O–H groups in total. The van der Waals surface area contributed by atoms with Gasteiger partial charge in [-0.1, -0.05) is 12.8 Å². The molecule has 0 aliphatic heterocycles. The summed E-state index contributed by atoms with van der Waals surface area (Å²) in [5.74, 6) is 2.73. The van der Waals surface area contributed by atoms with Gasteiger partial charge in [-0.05, 0) is 80.0 Å². The Kier molecular flexibility index (Phi) is 4.34. The van der Waals surface area contributed by atoms with Gasteiger partial charge in [0.15, 0.2) is 5.92 Å². The average molecular weight is 334 g/mol. The molecule has 24 heavy (non-hydrogen) atoms. The highest BCUT2D eigenvalue weighted by molar-refractivity contribution is 5.95. The van der Waals surface area contributed by atoms with Crippen molar-refractivity contribution in [3.05, 3.63) is 0 Å². The largest absolute Gasteiger partial charge is 0.468 e. The van der Waals surface area contributed by atoms with Crippen LogP contribution in [-0.2, 0) is 19.1 Å². The van der Waals surface area contributed by atoms with Gasteiger partial charge in [0.05, 0.1) is 14.2 Å². The van der Waals surface area contributed by atoms with E-state index in [1.165, 1.54) is 65.6 Å². The number of carbonyl (C=O) groups excluding carboxylic acids is 2. The van der Waals surface area contributed by atoms with Gasteiger partial charge < -0.3 is 9.47 Å². The molecule has 4 aliphatic carbocycles. The Hall–Kier alpha value is -1.06. The summed E-state index contributed by atoms with van der Waals surface area (Å²) in [6.07, 6.45) is 10.2. The Morgan fingerprint density at radius 2 is 1.21 bits per heavy atom. The third-order valence-electron chi connectivity index (χ3n) is 7.87. The van der Waals surface area contributed by atoms with Crippen LogP contribution < -0.4 is 0 Å². The molecule has 0 saturated heterocycles. The molecule has 0 aromatic rings. The molecular formula is C20H30O4. The van der Waals surface area contributed by atoms with Gasteiger partial charge in [-0.15, -0.1) is 0 Å². The van der Waals surface area contributed by atoms with Crippen LogP contribution in [0.3, 0.4) is 0 Å². The number of methoxy groups -OCH3 is 2. The van der Waals surface area contributed by atoms with Crippen LogP contribution in [0.5, 0.6) is 0 Å². The van der Waals surface area contributed by atoms with Gasteiger partial charge in [-0.25, -0.2) is 0 Å². The number of hydrogen-bond donors (Lipinski definition) is 0. The molecule has 0 aromatic carbocycles. The summed E-state index contributed by atoms with van der Waals surface area (Å²) in [5.41, 5.74) is 0. The van der Waals surface area contributed by atoms with Crippen molar-refractivity contribution < 1.29 is 19.1 Å². The van der Waals surface area contributed by atoms with E-state index in [1.807, 2.05) is 0 Å². The van der Waals surface area contributed by atoms with Crippen molar-refractivity contribution in [1.82, 2.24) is 0 Å². The maximum Gasteiger partial charge on any atom is 0.320 e. The minimum absolute atomic E-state index is 0.135. The quantitative estimate of drug-likeness (QED) is 0.571. The Labute approximate surface area is 144 Å². The highest BCUT2D eigenvalue weighted by Gasteiger charge is 2.55. The number of rotatable bonds is 5. The lowest BCUT2D eigenvalue weighted by Gasteiger charge is -2.40. The lowest BCUT2D eigenvalue weighted by Crippen LogP contribution is -2.44. The molecule has 134 valence electrons. The molecule has 4 saturated carbocycles. The second-order valence-corrected chi connectivity index (χ2v) is 8.78. The standard InChI is InChI=1S/C20H30O4/c1-23-19(21)18(20(22)24-2)17(15-9-11-3-5-13(15)7-11)16-10-12-4-6-14(16)8-12/h11-18H,3-10H2,1-2H3. The van der Waals surface area contributed by atoms with E-state index in [9.17, 15) is 9.59 Å². The number of fused-ring (bicyclic) bond motifs is 4. The fourth-order valence-electron chi connectivity index (χ4n) is 7.01. The van der Waals surface area contributed by atoms with Crippen LogP contribution in [0.2, 0.25) is 0 Å². The molecule has 0 aromatic heterocycles. The van der Waals surface area contributed by atoms with Crippen molar-refractivity contribution in [3.63, 3.8) is 0 Å². The van der Waals surface area contributed by atoms with Crippen molar-refractivity contribution >= 4 is 11.9 Å². The van der Waals surface area contributed by atoms with Crippen LogP contribution >= 0.6 is 0 Å². The van der Waals surface area contributed by atoms with Crippen LogP contribution in [0.25, 0.3) is 0 Å². The van der Waals surface area contributed by atoms with Crippen molar-refractivity contribution in [2.45, 2.75) is 51.4 Å². The van der Waals surface area contributed by atoms with E-state index in [4.69, 9.17) is 9.47 Å². The predicted octanol–water partition coefficient (Wildman–Crippen LogP) is 3.44. The molecule has 0 spiro atoms. The third-order valence-corrected chi connectivity index (χ3v) is 7.87. The van der Waals surface area contributed by atoms with E-state index < -0.39 is 5.92 Å². The van der Waals surface area contributed by atoms with Crippen molar-refractivity contribution in [3.8, 4) is 0 Å². The lowest BCUT2D eigenvalue weighted by atomic mass is 9.63. The van der Waals surface area contributed by atoms with Gasteiger partial charge >= 0.3 is 11.9 Å². The lowest BCUT2D eigenvalue weighted by molar-refractivity contribution is -0.165. The zero-order chi connectivity index (χ0) is 16.8. The molecule has 0 radical (unpaired) electrons. The minimum Gasteiger partial charge on any atom is -0.468 e. The Bertz CT molecular complexity index is 472. The van der Waals surface area contributed by atoms with Crippen LogP contribution in [0, 0.1) is 47.3 Å². The van der Waals surface area contributed by atoms with Crippen LogP contribution in [0.4, 0.5) is 0 Å². The van der Waals surface area contributed by atoms with E-state index >= 15 is 0 Å². The fourth-order valence-corrected chi connectivity index (χ4v) is 7.01. The summed E-state index contributed by atoms with van der Waals surface area (Å²) in [6, 6.07) is 0. The highest BCUT2D eigenvalue weighted by atomic mass is 16.5. The van der Waals surface area contributed by atoms with E-state index in [0.717, 1.165) is 11.8 Å². The summed E-state index contributed by atoms with van der Waals surface area (Å²) in [4.78, 5) is 25.1. The van der Waals surface area contributed by atoms with E-state index in [1.54, 1.807) is 0 Å². The molecule has 0 amide bonds. The first-order valence-electron chi connectivity index (χ1n) is 9.78. The molecule has 4 rings (SSSR count). The van der Waals surface area contributed by atoms with Gasteiger partial charge in [-0.3, -0.25) is 9.59 Å². The molecule has 0 heterocycles. The first-order chi connectivity index (χ1) is 11.6. The van der Waals surface area contributed by atoms with Gasteiger partial charge in [0.2, 0.25) is 0 Å². The Morgan fingerprint density at radius 1 is 0.750 bits per heavy atom. The number of hydrogen-bond acceptors (Lipinski definition) is 4. The monoisotopic (exact) mass is 334 g/mol. The molecule has 4 heteroatoms. The summed E-state index contributed by atoms with van der Waals surface area (Å²) in [5, 5.41) is 0. The molecular weight excluding hydrogens is 304 g/mol. The molecule has 6 unspecified atom stereocenters. The molecule has 4 fully saturated rings. The van der Waals surface area contributed by atoms with Crippen molar-refractivity contribution in [2.24, 2.45) is 47.3 Å². The topological polar surface area (TPSA) is 52.6 Å². The van der Waals surface area contributed by atoms with Crippen LogP contribution in [0.15, 0.2) is 0 Å². The molecule has 4 aliphatic rings. The number of ether oxygens (including phenoxy) is 2. The normalized spacial score (nSPS) is 41.0. The molecule has 6 atom stereocenters. The van der Waals surface area contributed by atoms with Gasteiger partial charge in [0.1, 0.15) is 0 Å². The SMILES string of the molecule is COC(=O)C(C(=O)OC)C(C1CC2CCC1C2)C1CC2CCC1C2. The number of esters is 2. The number of carbonyl (C=O) groups is 2. The zero-order valence-corrected chi connectivity index (χ0v) is 14.9. The first kappa shape index (κ1) is 16.4. The third kappa shape index (κ3) is 2.57.